The third-order valence-electron chi connectivity index (χ3n) is 10.3. The average molecular weight is 574 g/mol. The van der Waals surface area contributed by atoms with Gasteiger partial charge in [0.25, 0.3) is 0 Å². The van der Waals surface area contributed by atoms with Crippen LogP contribution in [0.5, 0.6) is 0 Å². The number of alkyl halides is 1. The largest absolute Gasteiger partial charge is 0.390 e. The predicted octanol–water partition coefficient (Wildman–Crippen LogP) is 3.06. The molecule has 33 heavy (non-hydrogen) atoms. The molecular weight excluding hydrogens is 529 g/mol. The Balaban J connectivity index is 1.59. The number of fused-ring (bicyclic) bond motifs is 5. The number of nitrogens with zero attached hydrogens (tertiary/aromatic N) is 2. The topological polar surface area (TPSA) is 120 Å². The first kappa shape index (κ1) is 25.7. The number of ketones is 1. The van der Waals surface area contributed by atoms with E-state index in [9.17, 15) is 9.90 Å². The number of hydrazine groups is 2. The second-order valence-electron chi connectivity index (χ2n) is 12.0. The van der Waals surface area contributed by atoms with Crippen LogP contribution in [0.3, 0.4) is 0 Å². The van der Waals surface area contributed by atoms with Crippen molar-refractivity contribution in [3.63, 3.8) is 0 Å². The van der Waals surface area contributed by atoms with Crippen molar-refractivity contribution in [1.29, 1.82) is 5.41 Å². The molecular formula is C25H44IN5O2. The van der Waals surface area contributed by atoms with E-state index in [4.69, 9.17) is 17.0 Å². The first-order valence-electron chi connectivity index (χ1n) is 12.6. The highest BCUT2D eigenvalue weighted by Gasteiger charge is 2.66. The minimum atomic E-state index is -0.533. The summed E-state index contributed by atoms with van der Waals surface area (Å²) in [5.74, 6) is 8.55. The molecule has 0 aromatic carbocycles. The van der Waals surface area contributed by atoms with Gasteiger partial charge in [-0.1, -0.05) is 11.4 Å². The van der Waals surface area contributed by atoms with Gasteiger partial charge < -0.3 is 10.8 Å². The van der Waals surface area contributed by atoms with Crippen LogP contribution in [0.4, 0.5) is 0 Å². The van der Waals surface area contributed by atoms with Crippen molar-refractivity contribution in [3.05, 3.63) is 0 Å². The Hall–Kier alpha value is -0.420. The first-order valence-corrected chi connectivity index (χ1v) is 15.3. The lowest BCUT2D eigenvalue weighted by atomic mass is 9.46. The van der Waals surface area contributed by atoms with Crippen molar-refractivity contribution < 1.29 is 9.90 Å². The van der Waals surface area contributed by atoms with Gasteiger partial charge in [0.05, 0.1) is 12.1 Å². The summed E-state index contributed by atoms with van der Waals surface area (Å²) in [7, 11) is 1.67. The van der Waals surface area contributed by atoms with Crippen LogP contribution in [-0.2, 0) is 4.79 Å². The maximum atomic E-state index is 13.5. The van der Waals surface area contributed by atoms with Gasteiger partial charge >= 0.3 is 0 Å². The highest BCUT2D eigenvalue weighted by atomic mass is 127. The van der Waals surface area contributed by atoms with Crippen LogP contribution < -0.4 is 11.6 Å². The molecule has 0 amide bonds. The van der Waals surface area contributed by atoms with Crippen molar-refractivity contribution in [2.75, 3.05) is 13.6 Å². The Morgan fingerprint density at radius 1 is 1.18 bits per heavy atom. The van der Waals surface area contributed by atoms with E-state index in [0.29, 0.717) is 27.6 Å². The molecule has 7 nitrogen and oxygen atoms in total. The van der Waals surface area contributed by atoms with Crippen molar-refractivity contribution in [2.45, 2.75) is 87.2 Å². The Kier molecular flexibility index (Phi) is 6.93. The standard InChI is InChI=1S/C25H44IN5O2/c1-15(27)31(30(5)29)14-22(32)19-8-11-25(28)20-12-21(26-4)18-13-23(2,33)9-6-16(18)17(20)7-10-24(19,25)3/h16-21,27,33H,4,6-14,28-29H2,1-3,5H3/t16-,17-,18+,19-,20-,21-,23-,24-,25-/m1/s1. The molecule has 4 saturated carbocycles. The van der Waals surface area contributed by atoms with Crippen LogP contribution in [0.25, 0.3) is 0 Å². The van der Waals surface area contributed by atoms with Crippen molar-refractivity contribution in [3.8, 4) is 0 Å². The van der Waals surface area contributed by atoms with Gasteiger partial charge in [-0.3, -0.25) is 21.1 Å². The van der Waals surface area contributed by atoms with E-state index < -0.39 is 5.60 Å². The molecule has 0 bridgehead atoms. The Bertz CT molecular complexity index is 819. The van der Waals surface area contributed by atoms with Gasteiger partial charge in [0.15, 0.2) is 5.78 Å². The van der Waals surface area contributed by atoms with E-state index in [2.05, 4.69) is 11.4 Å². The fourth-order valence-corrected chi connectivity index (χ4v) is 10.8. The van der Waals surface area contributed by atoms with Crippen molar-refractivity contribution >= 4 is 36.9 Å². The SMILES string of the molecule is C=I[C@@H]1C[C@@H]2[C@H](CC[C@]3(C)[C@@H](C(=O)CN(C(C)=N)N(C)N)CC[C@@]23N)[C@H]2CC[C@@](C)(O)C[C@@H]21. The molecule has 0 unspecified atom stereocenters. The molecule has 188 valence electrons. The molecule has 0 aromatic rings. The number of hydrogen-bond donors (Lipinski definition) is 4. The quantitative estimate of drug-likeness (QED) is 0.100. The Morgan fingerprint density at radius 3 is 2.45 bits per heavy atom. The summed E-state index contributed by atoms with van der Waals surface area (Å²) in [6.07, 6.45) is 7.91. The van der Waals surface area contributed by atoms with E-state index in [1.165, 1.54) is 10.1 Å². The maximum Gasteiger partial charge on any atom is 0.157 e. The first-order chi connectivity index (χ1) is 15.3. The number of nitrogens with one attached hydrogen (secondary N) is 1. The Labute approximate surface area is 209 Å². The normalized spacial score (nSPS) is 46.9. The van der Waals surface area contributed by atoms with Gasteiger partial charge in [-0.25, -0.2) is 0 Å². The molecule has 9 atom stereocenters. The fourth-order valence-electron chi connectivity index (χ4n) is 8.49. The molecule has 0 heterocycles. The van der Waals surface area contributed by atoms with Crippen molar-refractivity contribution in [1.82, 2.24) is 10.1 Å². The van der Waals surface area contributed by atoms with E-state index in [-0.39, 0.29) is 55.8 Å². The maximum absolute atomic E-state index is 13.5. The monoisotopic (exact) mass is 573 g/mol. The van der Waals surface area contributed by atoms with Crippen LogP contribution in [0.2, 0.25) is 0 Å². The van der Waals surface area contributed by atoms with E-state index in [0.717, 1.165) is 51.4 Å². The highest BCUT2D eigenvalue weighted by Crippen LogP contribution is 2.66. The number of nitrogens with two attached hydrogens (primary N) is 2. The van der Waals surface area contributed by atoms with Gasteiger partial charge in [-0.2, -0.15) is 5.12 Å². The molecule has 0 saturated heterocycles. The number of hydrogen-bond acceptors (Lipinski definition) is 6. The second-order valence-corrected chi connectivity index (χ2v) is 14.5. The van der Waals surface area contributed by atoms with E-state index >= 15 is 0 Å². The number of Topliss-reactive ketones (excluding diaryl/α,β-unsaturated/α-hetero) is 1. The molecule has 0 spiro atoms. The lowest BCUT2D eigenvalue weighted by Crippen LogP contribution is -2.66. The molecule has 0 aliphatic heterocycles. The summed E-state index contributed by atoms with van der Waals surface area (Å²) in [6, 6.07) is 0. The van der Waals surface area contributed by atoms with E-state index in [1.807, 2.05) is 6.92 Å². The summed E-state index contributed by atoms with van der Waals surface area (Å²) in [5, 5.41) is 21.7. The van der Waals surface area contributed by atoms with Crippen LogP contribution in [0.15, 0.2) is 0 Å². The molecule has 4 fully saturated rings. The number of carbonyl (C=O) groups excluding carboxylic acids is 1. The van der Waals surface area contributed by atoms with Crippen LogP contribution in [0.1, 0.15) is 72.1 Å². The van der Waals surface area contributed by atoms with Gasteiger partial charge in [0, 0.05) is 22.4 Å². The highest BCUT2D eigenvalue weighted by molar-refractivity contribution is 14.2. The smallest absolute Gasteiger partial charge is 0.157 e. The van der Waals surface area contributed by atoms with Gasteiger partial charge in [-0.15, -0.1) is 20.7 Å². The molecule has 8 heteroatoms. The van der Waals surface area contributed by atoms with Crippen LogP contribution in [-0.4, -0.2) is 60.0 Å². The summed E-state index contributed by atoms with van der Waals surface area (Å²) >= 11 is -0.179. The number of rotatable bonds is 5. The zero-order valence-corrected chi connectivity index (χ0v) is 23.0. The Morgan fingerprint density at radius 2 is 1.85 bits per heavy atom. The zero-order chi connectivity index (χ0) is 24.3. The summed E-state index contributed by atoms with van der Waals surface area (Å²) in [4.78, 5) is 13.5. The molecule has 4 rings (SSSR count). The number of carbonyl (C=O) groups is 1. The van der Waals surface area contributed by atoms with Gasteiger partial charge in [0.2, 0.25) is 0 Å². The van der Waals surface area contributed by atoms with Crippen LogP contribution in [0, 0.1) is 40.4 Å². The molecule has 4 aliphatic carbocycles. The molecule has 4 aliphatic rings. The summed E-state index contributed by atoms with van der Waals surface area (Å²) in [5.41, 5.74) is 6.36. The fraction of sp³-hybridized carbons (Fsp3) is 0.880. The average Bonchev–Trinajstić information content (AvgIpc) is 3.01. The molecule has 6 N–H and O–H groups in total. The number of halogens is 1. The zero-order valence-electron chi connectivity index (χ0n) is 20.8. The molecule has 0 radical (unpaired) electrons. The number of amidine groups is 1. The lowest BCUT2D eigenvalue weighted by molar-refractivity contribution is -0.136. The van der Waals surface area contributed by atoms with Gasteiger partial charge in [-0.05, 0) is 94.3 Å². The third kappa shape index (κ3) is 4.15. The molecule has 0 aromatic heterocycles. The third-order valence-corrected chi connectivity index (χ3v) is 12.8. The summed E-state index contributed by atoms with van der Waals surface area (Å²) < 4.78 is 5.02. The van der Waals surface area contributed by atoms with Crippen molar-refractivity contribution in [2.24, 2.45) is 46.6 Å². The summed E-state index contributed by atoms with van der Waals surface area (Å²) in [6.45, 7) is 6.09. The number of aliphatic hydroxyl groups is 1. The lowest BCUT2D eigenvalue weighted by Gasteiger charge is -2.62. The minimum absolute atomic E-state index is 0.0806. The second kappa shape index (κ2) is 8.91. The van der Waals surface area contributed by atoms with Gasteiger partial charge in [0.1, 0.15) is 5.84 Å². The van der Waals surface area contributed by atoms with Crippen LogP contribution >= 0.6 is 20.7 Å². The minimum Gasteiger partial charge on any atom is -0.390 e. The van der Waals surface area contributed by atoms with E-state index in [1.54, 1.807) is 14.0 Å². The predicted molar refractivity (Wildman–Crippen MR) is 142 cm³/mol.